The molecular formula is C12H11ClF2N2O. The normalized spacial score (nSPS) is 11.1. The molecule has 96 valence electrons. The number of carbonyl (C=O) groups is 1. The van der Waals surface area contributed by atoms with E-state index in [0.29, 0.717) is 16.5 Å². The van der Waals surface area contributed by atoms with E-state index in [1.807, 2.05) is 0 Å². The molecule has 0 unspecified atom stereocenters. The average molecular weight is 273 g/mol. The van der Waals surface area contributed by atoms with Crippen molar-refractivity contribution in [3.05, 3.63) is 36.0 Å². The Kier molecular flexibility index (Phi) is 3.81. The number of rotatable bonds is 4. The van der Waals surface area contributed by atoms with Crippen molar-refractivity contribution < 1.29 is 13.6 Å². The first-order valence-electron chi connectivity index (χ1n) is 5.32. The predicted molar refractivity (Wildman–Crippen MR) is 65.8 cm³/mol. The fourth-order valence-corrected chi connectivity index (χ4v) is 1.92. The van der Waals surface area contributed by atoms with E-state index in [9.17, 15) is 13.6 Å². The van der Waals surface area contributed by atoms with Gasteiger partial charge >= 0.3 is 6.55 Å². The molecule has 0 aliphatic heterocycles. The number of hydrogen-bond donors (Lipinski definition) is 1. The number of aromatic nitrogens is 1. The van der Waals surface area contributed by atoms with Crippen molar-refractivity contribution in [1.82, 2.24) is 9.88 Å². The Balaban J connectivity index is 2.35. The SMILES string of the molecule is O=C(CCl)NCc1cn(C(F)F)c2ccccc12. The van der Waals surface area contributed by atoms with Crippen LogP contribution in [-0.2, 0) is 11.3 Å². The number of nitrogens with one attached hydrogen (secondary N) is 1. The van der Waals surface area contributed by atoms with Gasteiger partial charge < -0.3 is 5.32 Å². The van der Waals surface area contributed by atoms with Gasteiger partial charge in [0.05, 0.1) is 5.52 Å². The van der Waals surface area contributed by atoms with Gasteiger partial charge in [-0.25, -0.2) is 0 Å². The third-order valence-corrected chi connectivity index (χ3v) is 2.87. The summed E-state index contributed by atoms with van der Waals surface area (Å²) in [6.45, 7) is -2.42. The van der Waals surface area contributed by atoms with Crippen LogP contribution in [0, 0.1) is 0 Å². The Morgan fingerprint density at radius 2 is 2.11 bits per heavy atom. The zero-order valence-electron chi connectivity index (χ0n) is 9.37. The van der Waals surface area contributed by atoms with Gasteiger partial charge in [0.25, 0.3) is 0 Å². The summed E-state index contributed by atoms with van der Waals surface area (Å²) in [5, 5.41) is 3.27. The summed E-state index contributed by atoms with van der Waals surface area (Å²) in [6, 6.07) is 6.83. The van der Waals surface area contributed by atoms with Crippen LogP contribution >= 0.6 is 11.6 Å². The van der Waals surface area contributed by atoms with Gasteiger partial charge in [-0.15, -0.1) is 11.6 Å². The summed E-state index contributed by atoms with van der Waals surface area (Å²) in [7, 11) is 0. The van der Waals surface area contributed by atoms with Crippen molar-refractivity contribution in [2.45, 2.75) is 13.1 Å². The molecule has 0 saturated carbocycles. The fraction of sp³-hybridized carbons (Fsp3) is 0.250. The van der Waals surface area contributed by atoms with Crippen LogP contribution < -0.4 is 5.32 Å². The molecule has 1 N–H and O–H groups in total. The van der Waals surface area contributed by atoms with E-state index in [1.54, 1.807) is 24.3 Å². The van der Waals surface area contributed by atoms with Crippen LogP contribution in [0.3, 0.4) is 0 Å². The van der Waals surface area contributed by atoms with Gasteiger partial charge in [0.2, 0.25) is 5.91 Å². The molecular weight excluding hydrogens is 262 g/mol. The maximum atomic E-state index is 12.8. The van der Waals surface area contributed by atoms with Crippen LogP contribution in [-0.4, -0.2) is 16.4 Å². The van der Waals surface area contributed by atoms with Crippen molar-refractivity contribution in [3.8, 4) is 0 Å². The number of alkyl halides is 3. The fourth-order valence-electron chi connectivity index (χ4n) is 1.82. The molecule has 1 aromatic heterocycles. The zero-order chi connectivity index (χ0) is 13.1. The monoisotopic (exact) mass is 272 g/mol. The van der Waals surface area contributed by atoms with Gasteiger partial charge in [-0.3, -0.25) is 9.36 Å². The molecule has 18 heavy (non-hydrogen) atoms. The molecule has 0 atom stereocenters. The quantitative estimate of drug-likeness (QED) is 0.853. The number of fused-ring (bicyclic) bond motifs is 1. The Hall–Kier alpha value is -1.62. The lowest BCUT2D eigenvalue weighted by Crippen LogP contribution is -2.23. The lowest BCUT2D eigenvalue weighted by Gasteiger charge is -2.01. The molecule has 6 heteroatoms. The minimum absolute atomic E-state index is 0.145. The highest BCUT2D eigenvalue weighted by Gasteiger charge is 2.14. The molecule has 3 nitrogen and oxygen atoms in total. The molecule has 0 aliphatic rings. The van der Waals surface area contributed by atoms with Crippen LogP contribution in [0.25, 0.3) is 10.9 Å². The van der Waals surface area contributed by atoms with E-state index < -0.39 is 6.55 Å². The number of carbonyl (C=O) groups excluding carboxylic acids is 1. The van der Waals surface area contributed by atoms with Crippen LogP contribution in [0.4, 0.5) is 8.78 Å². The summed E-state index contributed by atoms with van der Waals surface area (Å²) in [5.74, 6) is -0.474. The van der Waals surface area contributed by atoms with Gasteiger partial charge in [0.1, 0.15) is 5.88 Å². The molecule has 0 fully saturated rings. The average Bonchev–Trinajstić information content (AvgIpc) is 2.75. The molecule has 1 aromatic carbocycles. The third kappa shape index (κ3) is 2.46. The van der Waals surface area contributed by atoms with Gasteiger partial charge in [0, 0.05) is 18.1 Å². The lowest BCUT2D eigenvalue weighted by molar-refractivity contribution is -0.118. The lowest BCUT2D eigenvalue weighted by atomic mass is 10.2. The smallest absolute Gasteiger partial charge is 0.319 e. The summed E-state index contributed by atoms with van der Waals surface area (Å²) in [6.07, 6.45) is 1.35. The summed E-state index contributed by atoms with van der Waals surface area (Å²) in [4.78, 5) is 11.1. The summed E-state index contributed by atoms with van der Waals surface area (Å²) >= 11 is 5.35. The molecule has 0 saturated heterocycles. The molecule has 0 aliphatic carbocycles. The minimum atomic E-state index is -2.60. The van der Waals surface area contributed by atoms with E-state index >= 15 is 0 Å². The number of nitrogens with zero attached hydrogens (tertiary/aromatic N) is 1. The zero-order valence-corrected chi connectivity index (χ0v) is 10.1. The summed E-state index contributed by atoms with van der Waals surface area (Å²) < 4.78 is 26.5. The van der Waals surface area contributed by atoms with Crippen LogP contribution in [0.1, 0.15) is 12.1 Å². The first-order chi connectivity index (χ1) is 8.63. The van der Waals surface area contributed by atoms with Gasteiger partial charge in [0.15, 0.2) is 0 Å². The minimum Gasteiger partial charge on any atom is -0.351 e. The molecule has 2 rings (SSSR count). The van der Waals surface area contributed by atoms with Crippen molar-refractivity contribution >= 4 is 28.4 Å². The standard InChI is InChI=1S/C12H11ClF2N2O/c13-5-11(18)16-6-8-7-17(12(14)15)10-4-2-1-3-9(8)10/h1-4,7,12H,5-6H2,(H,16,18). The second-order valence-corrected chi connectivity index (χ2v) is 4.03. The van der Waals surface area contributed by atoms with E-state index in [-0.39, 0.29) is 18.3 Å². The topological polar surface area (TPSA) is 34.0 Å². The molecule has 2 aromatic rings. The molecule has 0 spiro atoms. The molecule has 0 radical (unpaired) electrons. The molecule has 1 amide bonds. The predicted octanol–water partition coefficient (Wildman–Crippen LogP) is 2.89. The van der Waals surface area contributed by atoms with Crippen molar-refractivity contribution in [2.75, 3.05) is 5.88 Å². The van der Waals surface area contributed by atoms with Gasteiger partial charge in [-0.05, 0) is 11.6 Å². The van der Waals surface area contributed by atoms with Crippen molar-refractivity contribution in [1.29, 1.82) is 0 Å². The van der Waals surface area contributed by atoms with E-state index in [1.165, 1.54) is 6.20 Å². The van der Waals surface area contributed by atoms with E-state index in [2.05, 4.69) is 5.32 Å². The van der Waals surface area contributed by atoms with Gasteiger partial charge in [-0.2, -0.15) is 8.78 Å². The second kappa shape index (κ2) is 5.35. The molecule has 1 heterocycles. The first-order valence-corrected chi connectivity index (χ1v) is 5.86. The van der Waals surface area contributed by atoms with E-state index in [4.69, 9.17) is 11.6 Å². The highest BCUT2D eigenvalue weighted by Crippen LogP contribution is 2.25. The van der Waals surface area contributed by atoms with E-state index in [0.717, 1.165) is 4.57 Å². The Morgan fingerprint density at radius 3 is 2.78 bits per heavy atom. The number of amides is 1. The Labute approximate surface area is 107 Å². The first kappa shape index (κ1) is 12.8. The second-order valence-electron chi connectivity index (χ2n) is 3.77. The number of hydrogen-bond acceptors (Lipinski definition) is 1. The molecule has 0 bridgehead atoms. The largest absolute Gasteiger partial charge is 0.351 e. The maximum absolute atomic E-state index is 12.8. The van der Waals surface area contributed by atoms with Crippen LogP contribution in [0.2, 0.25) is 0 Å². The Morgan fingerprint density at radius 1 is 1.39 bits per heavy atom. The van der Waals surface area contributed by atoms with Crippen LogP contribution in [0.5, 0.6) is 0 Å². The highest BCUT2D eigenvalue weighted by molar-refractivity contribution is 6.27. The van der Waals surface area contributed by atoms with Gasteiger partial charge in [-0.1, -0.05) is 18.2 Å². The number of para-hydroxylation sites is 1. The van der Waals surface area contributed by atoms with Crippen molar-refractivity contribution in [3.63, 3.8) is 0 Å². The van der Waals surface area contributed by atoms with Crippen LogP contribution in [0.15, 0.2) is 30.5 Å². The third-order valence-electron chi connectivity index (χ3n) is 2.63. The van der Waals surface area contributed by atoms with Crippen molar-refractivity contribution in [2.24, 2.45) is 0 Å². The maximum Gasteiger partial charge on any atom is 0.319 e. The summed E-state index contributed by atoms with van der Waals surface area (Å²) in [5.41, 5.74) is 1.09. The number of benzene rings is 1. The number of halogens is 3. The highest BCUT2D eigenvalue weighted by atomic mass is 35.5. The Bertz CT molecular complexity index is 568.